The first-order valence-corrected chi connectivity index (χ1v) is 7.08. The van der Waals surface area contributed by atoms with Gasteiger partial charge >= 0.3 is 11.9 Å². The van der Waals surface area contributed by atoms with E-state index >= 15 is 0 Å². The molecule has 23 heavy (non-hydrogen) atoms. The van der Waals surface area contributed by atoms with Gasteiger partial charge in [0, 0.05) is 12.1 Å². The van der Waals surface area contributed by atoms with E-state index in [1.54, 1.807) is 4.90 Å². The maximum Gasteiger partial charge on any atom is 0.320 e. The van der Waals surface area contributed by atoms with Crippen LogP contribution in [0.2, 0.25) is 0 Å². The molecular weight excluding hydrogens is 322 g/mol. The summed E-state index contributed by atoms with van der Waals surface area (Å²) >= 11 is 4.99. The maximum absolute atomic E-state index is 11.0. The Morgan fingerprint density at radius 1 is 1.30 bits per heavy atom. The van der Waals surface area contributed by atoms with Crippen molar-refractivity contribution in [2.45, 2.75) is 18.9 Å². The van der Waals surface area contributed by atoms with Crippen LogP contribution in [0.4, 0.5) is 5.69 Å². The summed E-state index contributed by atoms with van der Waals surface area (Å²) in [4.78, 5) is 32.6. The fourth-order valence-electron chi connectivity index (χ4n) is 1.66. The number of nitrogens with two attached hydrogens (primary N) is 1. The molecule has 1 fully saturated rings. The SMILES string of the molecule is NC(CCC(=O)O)C(=O)O.O=C1CN(c2ccccc2)C(=S)N1. The minimum absolute atomic E-state index is 0.0231. The first-order valence-electron chi connectivity index (χ1n) is 6.68. The summed E-state index contributed by atoms with van der Waals surface area (Å²) in [5.41, 5.74) is 5.95. The third kappa shape index (κ3) is 6.41. The highest BCUT2D eigenvalue weighted by atomic mass is 32.1. The van der Waals surface area contributed by atoms with Crippen LogP contribution in [0.25, 0.3) is 0 Å². The zero-order chi connectivity index (χ0) is 17.4. The molecule has 0 aromatic heterocycles. The smallest absolute Gasteiger partial charge is 0.320 e. The van der Waals surface area contributed by atoms with E-state index < -0.39 is 18.0 Å². The van der Waals surface area contributed by atoms with Crippen molar-refractivity contribution in [2.75, 3.05) is 11.4 Å². The van der Waals surface area contributed by atoms with Gasteiger partial charge in [-0.2, -0.15) is 0 Å². The van der Waals surface area contributed by atoms with E-state index in [9.17, 15) is 14.4 Å². The van der Waals surface area contributed by atoms with Crippen molar-refractivity contribution in [3.05, 3.63) is 30.3 Å². The van der Waals surface area contributed by atoms with E-state index in [1.165, 1.54) is 0 Å². The van der Waals surface area contributed by atoms with Gasteiger partial charge in [0.25, 0.3) is 0 Å². The van der Waals surface area contributed by atoms with Gasteiger partial charge in [-0.3, -0.25) is 14.4 Å². The topological polar surface area (TPSA) is 133 Å². The molecule has 1 aliphatic heterocycles. The highest BCUT2D eigenvalue weighted by Gasteiger charge is 2.23. The molecular formula is C14H17N3O5S. The third-order valence-corrected chi connectivity index (χ3v) is 3.17. The lowest BCUT2D eigenvalue weighted by Crippen LogP contribution is -2.30. The summed E-state index contributed by atoms with van der Waals surface area (Å²) < 4.78 is 0. The molecule has 1 aromatic rings. The average molecular weight is 339 g/mol. The molecule has 5 N–H and O–H groups in total. The second kappa shape index (κ2) is 8.81. The molecule has 1 amide bonds. The van der Waals surface area contributed by atoms with Gasteiger partial charge in [-0.1, -0.05) is 18.2 Å². The highest BCUT2D eigenvalue weighted by molar-refractivity contribution is 7.80. The van der Waals surface area contributed by atoms with Crippen LogP contribution < -0.4 is 16.0 Å². The zero-order valence-electron chi connectivity index (χ0n) is 12.1. The molecule has 1 aromatic carbocycles. The lowest BCUT2D eigenvalue weighted by atomic mass is 10.2. The standard InChI is InChI=1S/C9H8N2OS.C5H9NO4/c12-8-6-11(9(13)10-8)7-4-2-1-3-5-7;6-3(5(9)10)1-2-4(7)8/h1-5H,6H2,(H,10,12,13);3H,1-2,6H2,(H,7,8)(H,9,10). The number of aliphatic carboxylic acids is 2. The molecule has 1 unspecified atom stereocenters. The first-order chi connectivity index (χ1) is 10.8. The summed E-state index contributed by atoms with van der Waals surface area (Å²) in [6.07, 6.45) is -0.224. The Hall–Kier alpha value is -2.52. The predicted molar refractivity (Wildman–Crippen MR) is 87.0 cm³/mol. The average Bonchev–Trinajstić information content (AvgIpc) is 2.85. The molecule has 1 aliphatic rings. The lowest BCUT2D eigenvalue weighted by molar-refractivity contribution is -0.139. The second-order valence-electron chi connectivity index (χ2n) is 4.65. The van der Waals surface area contributed by atoms with Crippen LogP contribution in [0.5, 0.6) is 0 Å². The van der Waals surface area contributed by atoms with Gasteiger partial charge in [-0.25, -0.2) is 0 Å². The van der Waals surface area contributed by atoms with Crippen LogP contribution in [0.1, 0.15) is 12.8 Å². The summed E-state index contributed by atoms with van der Waals surface area (Å²) in [6.45, 7) is 0.322. The third-order valence-electron chi connectivity index (χ3n) is 2.85. The number of benzene rings is 1. The van der Waals surface area contributed by atoms with Crippen molar-refractivity contribution in [3.63, 3.8) is 0 Å². The summed E-state index contributed by atoms with van der Waals surface area (Å²) in [5, 5.41) is 19.3. The minimum Gasteiger partial charge on any atom is -0.481 e. The molecule has 124 valence electrons. The quantitative estimate of drug-likeness (QED) is 0.558. The number of carboxylic acids is 2. The van der Waals surface area contributed by atoms with Gasteiger partial charge in [0.1, 0.15) is 12.6 Å². The van der Waals surface area contributed by atoms with Crippen molar-refractivity contribution in [1.29, 1.82) is 0 Å². The largest absolute Gasteiger partial charge is 0.481 e. The number of amides is 1. The highest BCUT2D eigenvalue weighted by Crippen LogP contribution is 2.15. The molecule has 0 spiro atoms. The van der Waals surface area contributed by atoms with Crippen molar-refractivity contribution in [3.8, 4) is 0 Å². The number of nitrogens with zero attached hydrogens (tertiary/aromatic N) is 1. The molecule has 8 nitrogen and oxygen atoms in total. The predicted octanol–water partition coefficient (Wildman–Crippen LogP) is 0.171. The number of carbonyl (C=O) groups excluding carboxylic acids is 1. The maximum atomic E-state index is 11.0. The van der Waals surface area contributed by atoms with Crippen LogP contribution in [0.3, 0.4) is 0 Å². The molecule has 2 rings (SSSR count). The Bertz CT molecular complexity index is 593. The minimum atomic E-state index is -1.17. The number of hydrogen-bond donors (Lipinski definition) is 4. The zero-order valence-corrected chi connectivity index (χ0v) is 13.0. The molecule has 1 atom stereocenters. The Morgan fingerprint density at radius 2 is 1.91 bits per heavy atom. The number of carboxylic acid groups (broad SMARTS) is 2. The van der Waals surface area contributed by atoms with E-state index in [1.807, 2.05) is 30.3 Å². The van der Waals surface area contributed by atoms with Crippen LogP contribution in [-0.2, 0) is 14.4 Å². The number of para-hydroxylation sites is 1. The van der Waals surface area contributed by atoms with E-state index in [2.05, 4.69) is 5.32 Å². The van der Waals surface area contributed by atoms with Crippen molar-refractivity contribution < 1.29 is 24.6 Å². The van der Waals surface area contributed by atoms with Gasteiger partial charge in [0.15, 0.2) is 5.11 Å². The number of anilines is 1. The molecule has 0 aliphatic carbocycles. The molecule has 0 bridgehead atoms. The van der Waals surface area contributed by atoms with Gasteiger partial charge in [0.05, 0.1) is 0 Å². The summed E-state index contributed by atoms with van der Waals surface area (Å²) in [6, 6.07) is 8.55. The number of carbonyl (C=O) groups is 3. The number of rotatable bonds is 5. The fourth-order valence-corrected chi connectivity index (χ4v) is 1.94. The molecule has 9 heteroatoms. The molecule has 0 saturated carbocycles. The number of thiocarbonyl (C=S) groups is 1. The van der Waals surface area contributed by atoms with Gasteiger partial charge < -0.3 is 26.2 Å². The van der Waals surface area contributed by atoms with Crippen molar-refractivity contribution >= 4 is 40.9 Å². The van der Waals surface area contributed by atoms with Crippen LogP contribution in [0, 0.1) is 0 Å². The van der Waals surface area contributed by atoms with E-state index in [0.717, 1.165) is 5.69 Å². The normalized spacial score (nSPS) is 14.6. The van der Waals surface area contributed by atoms with Crippen LogP contribution in [0.15, 0.2) is 30.3 Å². The van der Waals surface area contributed by atoms with Gasteiger partial charge in [0.2, 0.25) is 5.91 Å². The van der Waals surface area contributed by atoms with Gasteiger partial charge in [-0.15, -0.1) is 0 Å². The Morgan fingerprint density at radius 3 is 2.35 bits per heavy atom. The summed E-state index contributed by atoms with van der Waals surface area (Å²) in [7, 11) is 0. The van der Waals surface area contributed by atoms with Crippen molar-refractivity contribution in [2.24, 2.45) is 5.73 Å². The first kappa shape index (κ1) is 18.5. The Kier molecular flexibility index (Phi) is 7.10. The van der Waals surface area contributed by atoms with Crippen molar-refractivity contribution in [1.82, 2.24) is 5.32 Å². The Labute approximate surface area is 137 Å². The molecule has 1 heterocycles. The van der Waals surface area contributed by atoms with E-state index in [0.29, 0.717) is 11.7 Å². The van der Waals surface area contributed by atoms with Crippen LogP contribution >= 0.6 is 12.2 Å². The van der Waals surface area contributed by atoms with E-state index in [4.69, 9.17) is 28.2 Å². The van der Waals surface area contributed by atoms with E-state index in [-0.39, 0.29) is 18.7 Å². The van der Waals surface area contributed by atoms with Crippen LogP contribution in [-0.4, -0.2) is 45.8 Å². The monoisotopic (exact) mass is 339 g/mol. The summed E-state index contributed by atoms with van der Waals surface area (Å²) in [5.74, 6) is -2.24. The molecule has 1 saturated heterocycles. The molecule has 0 radical (unpaired) electrons. The second-order valence-corrected chi connectivity index (χ2v) is 5.04. The fraction of sp³-hybridized carbons (Fsp3) is 0.286. The number of nitrogens with one attached hydrogen (secondary N) is 1. The number of hydrogen-bond acceptors (Lipinski definition) is 5. The Balaban J connectivity index is 0.000000241. The lowest BCUT2D eigenvalue weighted by Gasteiger charge is -2.14. The van der Waals surface area contributed by atoms with Gasteiger partial charge in [-0.05, 0) is 30.8 Å².